The van der Waals surface area contributed by atoms with Crippen LogP contribution in [0.15, 0.2) is 6.20 Å². The average Bonchev–Trinajstić information content (AvgIpc) is 2.53. The summed E-state index contributed by atoms with van der Waals surface area (Å²) in [5.74, 6) is -0.842. The third-order valence-corrected chi connectivity index (χ3v) is 1.53. The molecule has 76 valence electrons. The highest BCUT2D eigenvalue weighted by molar-refractivity contribution is 5.92. The fourth-order valence-electron chi connectivity index (χ4n) is 0.962. The van der Waals surface area contributed by atoms with E-state index in [2.05, 4.69) is 20.7 Å². The summed E-state index contributed by atoms with van der Waals surface area (Å²) in [6.07, 6.45) is 1.40. The van der Waals surface area contributed by atoms with E-state index in [-0.39, 0.29) is 24.1 Å². The number of primary amides is 1. The second-order valence-corrected chi connectivity index (χ2v) is 2.90. The van der Waals surface area contributed by atoms with Crippen molar-refractivity contribution in [3.05, 3.63) is 11.9 Å². The Balaban J connectivity index is 2.45. The van der Waals surface area contributed by atoms with Crippen molar-refractivity contribution < 1.29 is 9.59 Å². The molecule has 1 aromatic rings. The van der Waals surface area contributed by atoms with Crippen LogP contribution < -0.4 is 11.1 Å². The Kier molecular flexibility index (Phi) is 3.16. The maximum Gasteiger partial charge on any atom is 0.273 e. The van der Waals surface area contributed by atoms with Gasteiger partial charge in [-0.25, -0.2) is 0 Å². The summed E-state index contributed by atoms with van der Waals surface area (Å²) in [5.41, 5.74) is 5.15. The molecule has 0 aromatic carbocycles. The molecule has 14 heavy (non-hydrogen) atoms. The first-order valence-electron chi connectivity index (χ1n) is 4.04. The molecule has 1 rings (SSSR count). The fourth-order valence-corrected chi connectivity index (χ4v) is 0.962. The van der Waals surface area contributed by atoms with Gasteiger partial charge in [0.1, 0.15) is 0 Å². The molecule has 0 saturated carbocycles. The fraction of sp³-hybridized carbons (Fsp3) is 0.429. The van der Waals surface area contributed by atoms with Gasteiger partial charge in [-0.2, -0.15) is 15.4 Å². The van der Waals surface area contributed by atoms with E-state index in [0.29, 0.717) is 0 Å². The van der Waals surface area contributed by atoms with E-state index in [1.165, 1.54) is 6.20 Å². The van der Waals surface area contributed by atoms with E-state index in [0.717, 1.165) is 0 Å². The van der Waals surface area contributed by atoms with Gasteiger partial charge in [0.2, 0.25) is 5.91 Å². The summed E-state index contributed by atoms with van der Waals surface area (Å²) >= 11 is 0. The third kappa shape index (κ3) is 2.85. The zero-order valence-electron chi connectivity index (χ0n) is 7.65. The van der Waals surface area contributed by atoms with Crippen LogP contribution in [0.3, 0.4) is 0 Å². The zero-order chi connectivity index (χ0) is 10.6. The molecule has 0 fully saturated rings. The first kappa shape index (κ1) is 10.2. The topological polar surface area (TPSA) is 114 Å². The molecule has 0 aliphatic heterocycles. The first-order chi connectivity index (χ1) is 6.59. The van der Waals surface area contributed by atoms with E-state index >= 15 is 0 Å². The second kappa shape index (κ2) is 4.35. The van der Waals surface area contributed by atoms with Gasteiger partial charge in [0.05, 0.1) is 6.20 Å². The zero-order valence-corrected chi connectivity index (χ0v) is 7.65. The normalized spacial score (nSPS) is 12.1. The van der Waals surface area contributed by atoms with Crippen LogP contribution >= 0.6 is 0 Å². The van der Waals surface area contributed by atoms with Crippen LogP contribution in [-0.2, 0) is 4.79 Å². The molecular weight excluding hydrogens is 186 g/mol. The Morgan fingerprint density at radius 1 is 1.71 bits per heavy atom. The maximum atomic E-state index is 11.3. The van der Waals surface area contributed by atoms with Crippen LogP contribution in [0.25, 0.3) is 0 Å². The molecule has 1 atom stereocenters. The van der Waals surface area contributed by atoms with Crippen LogP contribution in [0.5, 0.6) is 0 Å². The molecule has 1 aromatic heterocycles. The summed E-state index contributed by atoms with van der Waals surface area (Å²) in [6.45, 7) is 1.68. The molecule has 1 heterocycles. The number of amides is 2. The molecule has 7 nitrogen and oxygen atoms in total. The molecule has 7 heteroatoms. The van der Waals surface area contributed by atoms with E-state index in [1.807, 2.05) is 0 Å². The van der Waals surface area contributed by atoms with Crippen molar-refractivity contribution in [2.45, 2.75) is 19.4 Å². The van der Waals surface area contributed by atoms with Crippen LogP contribution in [0.2, 0.25) is 0 Å². The van der Waals surface area contributed by atoms with Gasteiger partial charge in [0.15, 0.2) is 5.69 Å². The average molecular weight is 197 g/mol. The van der Waals surface area contributed by atoms with Gasteiger partial charge in [-0.1, -0.05) is 0 Å². The molecule has 0 saturated heterocycles. The van der Waals surface area contributed by atoms with Crippen molar-refractivity contribution >= 4 is 11.8 Å². The molecule has 0 spiro atoms. The summed E-state index contributed by atoms with van der Waals surface area (Å²) in [5, 5.41) is 11.9. The summed E-state index contributed by atoms with van der Waals surface area (Å²) < 4.78 is 0. The van der Waals surface area contributed by atoms with Gasteiger partial charge in [-0.05, 0) is 6.92 Å². The lowest BCUT2D eigenvalue weighted by atomic mass is 10.2. The number of nitrogens with zero attached hydrogens (tertiary/aromatic N) is 2. The predicted octanol–water partition coefficient (Wildman–Crippen LogP) is -1.20. The van der Waals surface area contributed by atoms with E-state index in [4.69, 9.17) is 5.73 Å². The van der Waals surface area contributed by atoms with Crippen LogP contribution in [0.4, 0.5) is 0 Å². The number of rotatable bonds is 4. The smallest absolute Gasteiger partial charge is 0.273 e. The number of H-pyrrole nitrogens is 1. The highest BCUT2D eigenvalue weighted by atomic mass is 16.2. The van der Waals surface area contributed by atoms with Crippen LogP contribution in [-0.4, -0.2) is 33.3 Å². The first-order valence-corrected chi connectivity index (χ1v) is 4.04. The van der Waals surface area contributed by atoms with Crippen molar-refractivity contribution in [1.29, 1.82) is 0 Å². The number of aromatic nitrogens is 3. The monoisotopic (exact) mass is 197 g/mol. The van der Waals surface area contributed by atoms with Gasteiger partial charge >= 0.3 is 0 Å². The van der Waals surface area contributed by atoms with Crippen molar-refractivity contribution in [2.24, 2.45) is 5.73 Å². The lowest BCUT2D eigenvalue weighted by Gasteiger charge is -2.09. The van der Waals surface area contributed by atoms with Crippen LogP contribution in [0, 0.1) is 0 Å². The SMILES string of the molecule is CC(CC(N)=O)NC(=O)c1cn[nH]n1. The van der Waals surface area contributed by atoms with Crippen molar-refractivity contribution in [1.82, 2.24) is 20.7 Å². The van der Waals surface area contributed by atoms with Crippen LogP contribution in [0.1, 0.15) is 23.8 Å². The Hall–Kier alpha value is -1.92. The third-order valence-electron chi connectivity index (χ3n) is 1.53. The van der Waals surface area contributed by atoms with Gasteiger partial charge in [-0.3, -0.25) is 9.59 Å². The number of hydrogen-bond acceptors (Lipinski definition) is 4. The highest BCUT2D eigenvalue weighted by Gasteiger charge is 2.13. The minimum absolute atomic E-state index is 0.101. The van der Waals surface area contributed by atoms with Crippen molar-refractivity contribution in [3.63, 3.8) is 0 Å². The van der Waals surface area contributed by atoms with Crippen molar-refractivity contribution in [3.8, 4) is 0 Å². The summed E-state index contributed by atoms with van der Waals surface area (Å²) in [7, 11) is 0. The lowest BCUT2D eigenvalue weighted by molar-refractivity contribution is -0.118. The number of nitrogens with two attached hydrogens (primary N) is 1. The largest absolute Gasteiger partial charge is 0.370 e. The Morgan fingerprint density at radius 3 is 2.93 bits per heavy atom. The van der Waals surface area contributed by atoms with Gasteiger partial charge in [0, 0.05) is 12.5 Å². The maximum absolute atomic E-state index is 11.3. The summed E-state index contributed by atoms with van der Waals surface area (Å²) in [4.78, 5) is 21.8. The Bertz CT molecular complexity index is 321. The standard InChI is InChI=1S/C7H11N5O2/c1-4(2-6(8)13)10-7(14)5-3-9-12-11-5/h3-4H,2H2,1H3,(H2,8,13)(H,10,14)(H,9,11,12). The lowest BCUT2D eigenvalue weighted by Crippen LogP contribution is -2.35. The number of nitrogens with one attached hydrogen (secondary N) is 2. The van der Waals surface area contributed by atoms with Gasteiger partial charge < -0.3 is 11.1 Å². The molecular formula is C7H11N5O2. The minimum atomic E-state index is -0.460. The minimum Gasteiger partial charge on any atom is -0.370 e. The van der Waals surface area contributed by atoms with E-state index in [9.17, 15) is 9.59 Å². The number of hydrogen-bond donors (Lipinski definition) is 3. The Morgan fingerprint density at radius 2 is 2.43 bits per heavy atom. The van der Waals surface area contributed by atoms with E-state index < -0.39 is 5.91 Å². The molecule has 2 amide bonds. The van der Waals surface area contributed by atoms with Gasteiger partial charge in [-0.15, -0.1) is 0 Å². The molecule has 0 aliphatic rings. The molecule has 0 aliphatic carbocycles. The molecule has 1 unspecified atom stereocenters. The van der Waals surface area contributed by atoms with Crippen molar-refractivity contribution in [2.75, 3.05) is 0 Å². The molecule has 4 N–H and O–H groups in total. The summed E-state index contributed by atoms with van der Waals surface area (Å²) in [6, 6.07) is -0.309. The Labute approximate surface area is 80.1 Å². The number of carbonyl (C=O) groups excluding carboxylic acids is 2. The van der Waals surface area contributed by atoms with Gasteiger partial charge in [0.25, 0.3) is 5.91 Å². The highest BCUT2D eigenvalue weighted by Crippen LogP contribution is 1.93. The quantitative estimate of drug-likeness (QED) is 0.562. The molecule has 0 radical (unpaired) electrons. The number of carbonyl (C=O) groups is 2. The number of aromatic amines is 1. The predicted molar refractivity (Wildman–Crippen MR) is 47.1 cm³/mol. The van der Waals surface area contributed by atoms with E-state index in [1.54, 1.807) is 6.92 Å². The molecule has 0 bridgehead atoms. The second-order valence-electron chi connectivity index (χ2n) is 2.90.